The number of fused-ring (bicyclic) bond motifs is 1. The molecule has 6 nitrogen and oxygen atoms in total. The van der Waals surface area contributed by atoms with Crippen LogP contribution in [0.1, 0.15) is 51.8 Å². The van der Waals surface area contributed by atoms with Gasteiger partial charge in [-0.3, -0.25) is 14.4 Å². The zero-order valence-electron chi connectivity index (χ0n) is 16.5. The van der Waals surface area contributed by atoms with Crippen molar-refractivity contribution in [2.45, 2.75) is 26.2 Å². The van der Waals surface area contributed by atoms with Gasteiger partial charge in [-0.05, 0) is 24.6 Å². The molecule has 1 amide bonds. The summed E-state index contributed by atoms with van der Waals surface area (Å²) in [6, 6.07) is 13.9. The van der Waals surface area contributed by atoms with Gasteiger partial charge in [-0.1, -0.05) is 43.7 Å². The smallest absolute Gasteiger partial charge is 0.325 e. The molecule has 6 heteroatoms. The summed E-state index contributed by atoms with van der Waals surface area (Å²) in [5.74, 6) is -0.385. The van der Waals surface area contributed by atoms with Crippen LogP contribution in [0, 0.1) is 0 Å². The minimum atomic E-state index is -0.531. The third kappa shape index (κ3) is 4.54. The van der Waals surface area contributed by atoms with Gasteiger partial charge in [0.2, 0.25) is 0 Å². The first kappa shape index (κ1) is 20.3. The fraction of sp³-hybridized carbons (Fsp3) is 0.261. The maximum atomic E-state index is 13.2. The number of hydrogen-bond donors (Lipinski definition) is 1. The molecule has 0 radical (unpaired) electrons. The Hall–Kier alpha value is -3.41. The molecular weight excluding hydrogens is 370 g/mol. The Bertz CT molecular complexity index is 1030. The summed E-state index contributed by atoms with van der Waals surface area (Å²) >= 11 is 0. The average Bonchev–Trinajstić information content (AvgIpc) is 3.13. The third-order valence-electron chi connectivity index (χ3n) is 4.68. The molecule has 0 fully saturated rings. The molecule has 3 rings (SSSR count). The number of carbonyl (C=O) groups excluding carboxylic acids is 3. The van der Waals surface area contributed by atoms with Crippen LogP contribution in [0.2, 0.25) is 0 Å². The van der Waals surface area contributed by atoms with Gasteiger partial charge in [-0.2, -0.15) is 0 Å². The van der Waals surface area contributed by atoms with Gasteiger partial charge in [0, 0.05) is 22.9 Å². The molecule has 1 N–H and O–H groups in total. The van der Waals surface area contributed by atoms with Gasteiger partial charge in [0.15, 0.2) is 5.78 Å². The molecule has 0 saturated heterocycles. The number of unbranched alkanes of at least 4 members (excludes halogenated alkanes) is 1. The number of para-hydroxylation sites is 1. The second-order valence-electron chi connectivity index (χ2n) is 6.67. The van der Waals surface area contributed by atoms with Crippen molar-refractivity contribution in [3.63, 3.8) is 0 Å². The monoisotopic (exact) mass is 393 g/mol. The van der Waals surface area contributed by atoms with Crippen molar-refractivity contribution in [1.29, 1.82) is 0 Å². The average molecular weight is 393 g/mol. The van der Waals surface area contributed by atoms with E-state index < -0.39 is 11.9 Å². The van der Waals surface area contributed by atoms with E-state index in [0.717, 1.165) is 18.2 Å². The third-order valence-corrected chi connectivity index (χ3v) is 4.68. The Kier molecular flexibility index (Phi) is 6.44. The molecule has 0 spiro atoms. The molecule has 29 heavy (non-hydrogen) atoms. The van der Waals surface area contributed by atoms with Crippen molar-refractivity contribution in [2.24, 2.45) is 0 Å². The topological polar surface area (TPSA) is 85.6 Å². The first-order valence-corrected chi connectivity index (χ1v) is 9.55. The van der Waals surface area contributed by atoms with Gasteiger partial charge in [-0.25, -0.2) is 0 Å². The highest BCUT2D eigenvalue weighted by Gasteiger charge is 2.21. The highest BCUT2D eigenvalue weighted by Crippen LogP contribution is 2.29. The standard InChI is InChI=1S/C23H23NO5/c1-3-4-8-19-21(17-7-5-6-9-18(17)29-19)22(26)15-10-12-16(13-11-15)23(27)24-14-20(25)28-2/h5-7,9-13H,3-4,8,14H2,1-2H3,(H,24,27). The fourth-order valence-electron chi connectivity index (χ4n) is 3.10. The van der Waals surface area contributed by atoms with E-state index in [4.69, 9.17) is 4.42 Å². The second-order valence-corrected chi connectivity index (χ2v) is 6.67. The Morgan fingerprint density at radius 1 is 1.00 bits per heavy atom. The summed E-state index contributed by atoms with van der Waals surface area (Å²) in [4.78, 5) is 36.5. The van der Waals surface area contributed by atoms with E-state index in [2.05, 4.69) is 17.0 Å². The lowest BCUT2D eigenvalue weighted by Crippen LogP contribution is -2.30. The Labute approximate surface area is 168 Å². The summed E-state index contributed by atoms with van der Waals surface area (Å²) in [6.45, 7) is 1.88. The first-order valence-electron chi connectivity index (χ1n) is 9.55. The predicted octanol–water partition coefficient (Wildman–Crippen LogP) is 3.91. The van der Waals surface area contributed by atoms with Crippen LogP contribution in [0.25, 0.3) is 11.0 Å². The van der Waals surface area contributed by atoms with Crippen LogP contribution in [0.5, 0.6) is 0 Å². The zero-order valence-corrected chi connectivity index (χ0v) is 16.5. The highest BCUT2D eigenvalue weighted by molar-refractivity contribution is 6.17. The molecule has 0 aliphatic heterocycles. The number of furan rings is 1. The molecule has 1 aromatic heterocycles. The first-order chi connectivity index (χ1) is 14.0. The molecule has 1 heterocycles. The fourth-order valence-corrected chi connectivity index (χ4v) is 3.10. The number of amides is 1. The van der Waals surface area contributed by atoms with Crippen LogP contribution < -0.4 is 5.32 Å². The molecule has 0 saturated carbocycles. The number of nitrogens with one attached hydrogen (secondary N) is 1. The maximum Gasteiger partial charge on any atom is 0.325 e. The number of methoxy groups -OCH3 is 1. The van der Waals surface area contributed by atoms with Gasteiger partial charge in [-0.15, -0.1) is 0 Å². The maximum absolute atomic E-state index is 13.2. The van der Waals surface area contributed by atoms with Crippen molar-refractivity contribution in [3.8, 4) is 0 Å². The van der Waals surface area contributed by atoms with Crippen LogP contribution in [0.15, 0.2) is 52.9 Å². The van der Waals surface area contributed by atoms with E-state index >= 15 is 0 Å². The Morgan fingerprint density at radius 2 is 1.69 bits per heavy atom. The normalized spacial score (nSPS) is 10.7. The minimum absolute atomic E-state index is 0.137. The summed E-state index contributed by atoms with van der Waals surface area (Å²) in [7, 11) is 1.25. The van der Waals surface area contributed by atoms with E-state index in [9.17, 15) is 14.4 Å². The molecule has 0 aliphatic carbocycles. The molecule has 2 aromatic carbocycles. The van der Waals surface area contributed by atoms with Gasteiger partial charge < -0.3 is 14.5 Å². The van der Waals surface area contributed by atoms with Crippen LogP contribution in [0.3, 0.4) is 0 Å². The van der Waals surface area contributed by atoms with Crippen molar-refractivity contribution in [2.75, 3.05) is 13.7 Å². The van der Waals surface area contributed by atoms with Crippen molar-refractivity contribution < 1.29 is 23.5 Å². The molecule has 150 valence electrons. The van der Waals surface area contributed by atoms with E-state index in [1.54, 1.807) is 24.3 Å². The zero-order chi connectivity index (χ0) is 20.8. The number of esters is 1. The number of benzene rings is 2. The van der Waals surface area contributed by atoms with E-state index in [-0.39, 0.29) is 12.3 Å². The summed E-state index contributed by atoms with van der Waals surface area (Å²) in [6.07, 6.45) is 2.62. The van der Waals surface area contributed by atoms with Crippen LogP contribution in [0.4, 0.5) is 0 Å². The molecule has 0 bridgehead atoms. The molecular formula is C23H23NO5. The van der Waals surface area contributed by atoms with Crippen molar-refractivity contribution >= 4 is 28.6 Å². The summed E-state index contributed by atoms with van der Waals surface area (Å²) in [5.41, 5.74) is 2.10. The molecule has 0 atom stereocenters. The highest BCUT2D eigenvalue weighted by atomic mass is 16.5. The number of ketones is 1. The molecule has 0 aliphatic rings. The summed E-state index contributed by atoms with van der Waals surface area (Å²) < 4.78 is 10.4. The van der Waals surface area contributed by atoms with E-state index in [1.165, 1.54) is 7.11 Å². The van der Waals surface area contributed by atoms with Crippen molar-refractivity contribution in [3.05, 3.63) is 71.0 Å². The van der Waals surface area contributed by atoms with Crippen LogP contribution in [-0.2, 0) is 16.0 Å². The minimum Gasteiger partial charge on any atom is -0.468 e. The second kappa shape index (κ2) is 9.19. The Morgan fingerprint density at radius 3 is 2.38 bits per heavy atom. The summed E-state index contributed by atoms with van der Waals surface area (Å²) in [5, 5.41) is 3.26. The van der Waals surface area contributed by atoms with Gasteiger partial charge >= 0.3 is 5.97 Å². The number of ether oxygens (including phenoxy) is 1. The van der Waals surface area contributed by atoms with Crippen LogP contribution >= 0.6 is 0 Å². The van der Waals surface area contributed by atoms with Gasteiger partial charge in [0.1, 0.15) is 17.9 Å². The van der Waals surface area contributed by atoms with E-state index in [1.807, 2.05) is 24.3 Å². The quantitative estimate of drug-likeness (QED) is 0.463. The number of carbonyl (C=O) groups is 3. The Balaban J connectivity index is 1.85. The molecule has 0 unspecified atom stereocenters. The van der Waals surface area contributed by atoms with E-state index in [0.29, 0.717) is 34.5 Å². The van der Waals surface area contributed by atoms with Crippen molar-refractivity contribution in [1.82, 2.24) is 5.32 Å². The lowest BCUT2D eigenvalue weighted by molar-refractivity contribution is -0.139. The lowest BCUT2D eigenvalue weighted by atomic mass is 9.97. The van der Waals surface area contributed by atoms with Gasteiger partial charge in [0.25, 0.3) is 5.91 Å². The predicted molar refractivity (Wildman–Crippen MR) is 109 cm³/mol. The lowest BCUT2D eigenvalue weighted by Gasteiger charge is -2.06. The number of hydrogen-bond acceptors (Lipinski definition) is 5. The van der Waals surface area contributed by atoms with Gasteiger partial charge in [0.05, 0.1) is 12.7 Å². The largest absolute Gasteiger partial charge is 0.468 e. The SMILES string of the molecule is CCCCc1oc2ccccc2c1C(=O)c1ccc(C(=O)NCC(=O)OC)cc1. The van der Waals surface area contributed by atoms with Crippen LogP contribution in [-0.4, -0.2) is 31.3 Å². The molecule has 3 aromatic rings. The number of rotatable bonds is 8. The number of aryl methyl sites for hydroxylation is 1.